The molecule has 4 nitrogen and oxygen atoms in total. The number of aliphatic hydroxyl groups is 1. The van der Waals surface area contributed by atoms with Crippen LogP contribution in [0.25, 0.3) is 0 Å². The number of aliphatic hydroxyl groups excluding tert-OH is 1. The summed E-state index contributed by atoms with van der Waals surface area (Å²) in [4.78, 5) is 13.6. The van der Waals surface area contributed by atoms with Gasteiger partial charge in [-0.3, -0.25) is 4.79 Å². The minimum Gasteiger partial charge on any atom is -0.467 e. The van der Waals surface area contributed by atoms with Crippen molar-refractivity contribution in [1.82, 2.24) is 4.90 Å². The molecule has 0 bridgehead atoms. The number of hydrogen-bond acceptors (Lipinski definition) is 3. The molecular formula is C11H11NO3. The van der Waals surface area contributed by atoms with Gasteiger partial charge in [-0.05, 0) is 18.6 Å². The second-order valence-corrected chi connectivity index (χ2v) is 3.86. The predicted octanol–water partition coefficient (Wildman–Crippen LogP) is 0.612. The fraction of sp³-hybridized carbons (Fsp3) is 0.364. The van der Waals surface area contributed by atoms with Crippen molar-refractivity contribution >= 4 is 5.91 Å². The predicted molar refractivity (Wildman–Crippen MR) is 52.5 cm³/mol. The molecule has 2 aliphatic heterocycles. The molecule has 0 spiro atoms. The summed E-state index contributed by atoms with van der Waals surface area (Å²) < 4.78 is 5.59. The van der Waals surface area contributed by atoms with Crippen molar-refractivity contribution in [2.24, 2.45) is 0 Å². The van der Waals surface area contributed by atoms with Gasteiger partial charge in [0, 0.05) is 6.54 Å². The maximum Gasteiger partial charge on any atom is 0.260 e. The number of benzene rings is 1. The Morgan fingerprint density at radius 1 is 1.40 bits per heavy atom. The first-order valence-corrected chi connectivity index (χ1v) is 5.02. The van der Waals surface area contributed by atoms with E-state index >= 15 is 0 Å². The first-order chi connectivity index (χ1) is 7.27. The van der Waals surface area contributed by atoms with Gasteiger partial charge in [0.05, 0.1) is 5.56 Å². The fourth-order valence-electron chi connectivity index (χ4n) is 2.14. The van der Waals surface area contributed by atoms with E-state index in [1.54, 1.807) is 17.0 Å². The van der Waals surface area contributed by atoms with Gasteiger partial charge in [0.25, 0.3) is 5.91 Å². The largest absolute Gasteiger partial charge is 0.467 e. The highest BCUT2D eigenvalue weighted by atomic mass is 16.5. The maximum absolute atomic E-state index is 12.0. The summed E-state index contributed by atoms with van der Waals surface area (Å²) in [5, 5.41) is 9.65. The molecule has 1 fully saturated rings. The summed E-state index contributed by atoms with van der Waals surface area (Å²) in [7, 11) is 0. The Labute approximate surface area is 87.1 Å². The van der Waals surface area contributed by atoms with Gasteiger partial charge < -0.3 is 14.7 Å². The van der Waals surface area contributed by atoms with E-state index < -0.39 is 12.3 Å². The topological polar surface area (TPSA) is 49.8 Å². The van der Waals surface area contributed by atoms with Crippen LogP contribution in [0.1, 0.15) is 16.8 Å². The quantitative estimate of drug-likeness (QED) is 0.675. The Morgan fingerprint density at radius 3 is 3.07 bits per heavy atom. The molecule has 1 aromatic rings. The van der Waals surface area contributed by atoms with E-state index in [0.29, 0.717) is 24.3 Å². The van der Waals surface area contributed by atoms with Gasteiger partial charge in [-0.15, -0.1) is 0 Å². The fourth-order valence-corrected chi connectivity index (χ4v) is 2.14. The Kier molecular flexibility index (Phi) is 1.73. The van der Waals surface area contributed by atoms with Gasteiger partial charge in [0.15, 0.2) is 0 Å². The van der Waals surface area contributed by atoms with Crippen molar-refractivity contribution in [1.29, 1.82) is 0 Å². The normalized spacial score (nSPS) is 28.3. The first kappa shape index (κ1) is 8.73. The summed E-state index contributed by atoms with van der Waals surface area (Å²) >= 11 is 0. The Hall–Kier alpha value is -1.55. The molecule has 2 heterocycles. The van der Waals surface area contributed by atoms with Gasteiger partial charge in [0.1, 0.15) is 11.9 Å². The third kappa shape index (κ3) is 1.15. The summed E-state index contributed by atoms with van der Waals surface area (Å²) in [5.74, 6) is 0.531. The van der Waals surface area contributed by atoms with E-state index in [9.17, 15) is 9.90 Å². The van der Waals surface area contributed by atoms with Crippen LogP contribution in [-0.4, -0.2) is 34.8 Å². The van der Waals surface area contributed by atoms with Crippen LogP contribution < -0.4 is 4.74 Å². The van der Waals surface area contributed by atoms with Gasteiger partial charge in [-0.1, -0.05) is 12.1 Å². The molecule has 1 N–H and O–H groups in total. The van der Waals surface area contributed by atoms with Crippen LogP contribution in [0.3, 0.4) is 0 Å². The van der Waals surface area contributed by atoms with E-state index in [1.807, 2.05) is 12.1 Å². The van der Waals surface area contributed by atoms with Gasteiger partial charge in [0.2, 0.25) is 6.23 Å². The molecule has 1 amide bonds. The Balaban J connectivity index is 2.06. The number of amides is 1. The smallest absolute Gasteiger partial charge is 0.260 e. The number of carbonyl (C=O) groups excluding carboxylic acids is 1. The van der Waals surface area contributed by atoms with Crippen molar-refractivity contribution in [2.75, 3.05) is 6.54 Å². The first-order valence-electron chi connectivity index (χ1n) is 5.02. The van der Waals surface area contributed by atoms with Crippen LogP contribution in [0.4, 0.5) is 0 Å². The number of hydrogen-bond donors (Lipinski definition) is 1. The maximum atomic E-state index is 12.0. The number of carbonyl (C=O) groups is 1. The average molecular weight is 205 g/mol. The minimum absolute atomic E-state index is 0.0431. The average Bonchev–Trinajstić information content (AvgIpc) is 2.62. The number of para-hydroxylation sites is 1. The van der Waals surface area contributed by atoms with Crippen LogP contribution in [0, 0.1) is 0 Å². The SMILES string of the molecule is O=C1c2ccccc2OC2C(O)CCN12. The second-order valence-electron chi connectivity index (χ2n) is 3.86. The Bertz CT molecular complexity index is 418. The van der Waals surface area contributed by atoms with Crippen molar-refractivity contribution in [3.8, 4) is 5.75 Å². The standard InChI is InChI=1S/C11H11NO3/c13-8-5-6-12-10(14)7-3-1-2-4-9(7)15-11(8)12/h1-4,8,11,13H,5-6H2. The molecule has 4 heteroatoms. The van der Waals surface area contributed by atoms with Gasteiger partial charge in [-0.2, -0.15) is 0 Å². The molecule has 78 valence electrons. The molecule has 0 aromatic heterocycles. The summed E-state index contributed by atoms with van der Waals surface area (Å²) in [6.07, 6.45) is -0.473. The lowest BCUT2D eigenvalue weighted by molar-refractivity contribution is -0.0192. The van der Waals surface area contributed by atoms with Crippen LogP contribution in [-0.2, 0) is 0 Å². The van der Waals surface area contributed by atoms with Crippen molar-refractivity contribution in [2.45, 2.75) is 18.8 Å². The summed E-state index contributed by atoms with van der Waals surface area (Å²) in [6, 6.07) is 7.14. The van der Waals surface area contributed by atoms with Crippen LogP contribution in [0.5, 0.6) is 5.75 Å². The van der Waals surface area contributed by atoms with E-state index in [2.05, 4.69) is 0 Å². The van der Waals surface area contributed by atoms with Gasteiger partial charge in [-0.25, -0.2) is 0 Å². The minimum atomic E-state index is -0.567. The molecule has 2 unspecified atom stereocenters. The zero-order valence-corrected chi connectivity index (χ0v) is 8.09. The lowest BCUT2D eigenvalue weighted by Crippen LogP contribution is -2.47. The van der Waals surface area contributed by atoms with Crippen LogP contribution >= 0.6 is 0 Å². The number of rotatable bonds is 0. The van der Waals surface area contributed by atoms with Crippen molar-refractivity contribution in [3.63, 3.8) is 0 Å². The van der Waals surface area contributed by atoms with Crippen molar-refractivity contribution in [3.05, 3.63) is 29.8 Å². The van der Waals surface area contributed by atoms with E-state index in [-0.39, 0.29) is 5.91 Å². The number of fused-ring (bicyclic) bond motifs is 2. The monoisotopic (exact) mass is 205 g/mol. The number of nitrogens with zero attached hydrogens (tertiary/aromatic N) is 1. The van der Waals surface area contributed by atoms with Crippen LogP contribution in [0.2, 0.25) is 0 Å². The van der Waals surface area contributed by atoms with E-state index in [1.165, 1.54) is 0 Å². The lowest BCUT2D eigenvalue weighted by atomic mass is 10.1. The van der Waals surface area contributed by atoms with Crippen molar-refractivity contribution < 1.29 is 14.6 Å². The summed E-state index contributed by atoms with van der Waals surface area (Å²) in [5.41, 5.74) is 0.586. The molecule has 0 radical (unpaired) electrons. The number of ether oxygens (including phenoxy) is 1. The molecule has 15 heavy (non-hydrogen) atoms. The lowest BCUT2D eigenvalue weighted by Gasteiger charge is -2.32. The Morgan fingerprint density at radius 2 is 2.20 bits per heavy atom. The van der Waals surface area contributed by atoms with Crippen LogP contribution in [0.15, 0.2) is 24.3 Å². The molecule has 1 aromatic carbocycles. The molecule has 2 atom stereocenters. The molecule has 3 rings (SSSR count). The zero-order chi connectivity index (χ0) is 10.4. The molecule has 1 saturated heterocycles. The zero-order valence-electron chi connectivity index (χ0n) is 8.09. The molecule has 0 aliphatic carbocycles. The molecular weight excluding hydrogens is 194 g/mol. The molecule has 0 saturated carbocycles. The summed E-state index contributed by atoms with van der Waals surface area (Å²) in [6.45, 7) is 0.568. The van der Waals surface area contributed by atoms with Gasteiger partial charge >= 0.3 is 0 Å². The van der Waals surface area contributed by atoms with E-state index in [0.717, 1.165) is 0 Å². The highest BCUT2D eigenvalue weighted by Crippen LogP contribution is 2.32. The highest BCUT2D eigenvalue weighted by Gasteiger charge is 2.42. The van der Waals surface area contributed by atoms with E-state index in [4.69, 9.17) is 4.74 Å². The second kappa shape index (κ2) is 2.97. The highest BCUT2D eigenvalue weighted by molar-refractivity contribution is 5.98. The third-order valence-electron chi connectivity index (χ3n) is 2.93. The third-order valence-corrected chi connectivity index (χ3v) is 2.93. The molecule has 2 aliphatic rings.